The molecular formula is C28H33N3O2. The highest BCUT2D eigenvalue weighted by Crippen LogP contribution is 2.51. The van der Waals surface area contributed by atoms with E-state index in [1.165, 1.54) is 5.56 Å². The van der Waals surface area contributed by atoms with E-state index in [0.29, 0.717) is 6.61 Å². The molecule has 1 N–H and O–H groups in total. The normalized spacial score (nSPS) is 26.7. The van der Waals surface area contributed by atoms with Gasteiger partial charge in [-0.2, -0.15) is 0 Å². The third kappa shape index (κ3) is 3.42. The van der Waals surface area contributed by atoms with Crippen LogP contribution in [-0.4, -0.2) is 54.8 Å². The van der Waals surface area contributed by atoms with Crippen LogP contribution in [0, 0.1) is 0 Å². The van der Waals surface area contributed by atoms with Gasteiger partial charge in [-0.15, -0.1) is 0 Å². The molecule has 33 heavy (non-hydrogen) atoms. The first-order chi connectivity index (χ1) is 15.8. The molecule has 3 aliphatic heterocycles. The fourth-order valence-corrected chi connectivity index (χ4v) is 5.61. The molecule has 0 amide bonds. The number of hydrogen-bond acceptors (Lipinski definition) is 5. The van der Waals surface area contributed by atoms with Gasteiger partial charge in [-0.1, -0.05) is 62.9 Å². The molecule has 0 radical (unpaired) electrons. The van der Waals surface area contributed by atoms with E-state index in [9.17, 15) is 5.11 Å². The Morgan fingerprint density at radius 2 is 1.70 bits per heavy atom. The van der Waals surface area contributed by atoms with Gasteiger partial charge in [0.05, 0.1) is 24.6 Å². The first-order valence-electron chi connectivity index (χ1n) is 11.8. The number of ether oxygens (including phenoxy) is 1. The van der Waals surface area contributed by atoms with Crippen molar-refractivity contribution in [2.75, 3.05) is 31.6 Å². The van der Waals surface area contributed by atoms with Gasteiger partial charge in [0, 0.05) is 48.1 Å². The molecule has 3 aliphatic rings. The van der Waals surface area contributed by atoms with Gasteiger partial charge in [-0.3, -0.25) is 4.99 Å². The Bertz CT molecular complexity index is 1130. The lowest BCUT2D eigenvalue weighted by Gasteiger charge is -2.43. The first-order valence-corrected chi connectivity index (χ1v) is 11.8. The number of para-hydroxylation sites is 1. The minimum Gasteiger partial charge on any atom is -0.393 e. The van der Waals surface area contributed by atoms with Gasteiger partial charge in [-0.25, -0.2) is 0 Å². The summed E-state index contributed by atoms with van der Waals surface area (Å²) in [5.41, 5.74) is 5.33. The van der Waals surface area contributed by atoms with Crippen LogP contribution >= 0.6 is 0 Å². The number of rotatable bonds is 1. The van der Waals surface area contributed by atoms with Crippen molar-refractivity contribution in [3.05, 3.63) is 77.9 Å². The largest absolute Gasteiger partial charge is 0.393 e. The minimum atomic E-state index is -0.744. The molecule has 1 unspecified atom stereocenters. The second-order valence-electron chi connectivity index (χ2n) is 9.77. The van der Waals surface area contributed by atoms with Crippen LogP contribution < -0.4 is 4.90 Å². The monoisotopic (exact) mass is 443 g/mol. The number of likely N-dealkylation sites (tertiary alicyclic amines) is 1. The Morgan fingerprint density at radius 3 is 2.42 bits per heavy atom. The molecule has 1 fully saturated rings. The molecular weight excluding hydrogens is 410 g/mol. The third-order valence-electron chi connectivity index (χ3n) is 7.63. The van der Waals surface area contributed by atoms with Crippen LogP contribution in [0.1, 0.15) is 43.4 Å². The lowest BCUT2D eigenvalue weighted by molar-refractivity contribution is -0.0123. The molecule has 5 nitrogen and oxygen atoms in total. The van der Waals surface area contributed by atoms with E-state index in [-0.39, 0.29) is 11.5 Å². The quantitative estimate of drug-likeness (QED) is 0.695. The van der Waals surface area contributed by atoms with Crippen LogP contribution in [-0.2, 0) is 10.2 Å². The topological polar surface area (TPSA) is 48.3 Å². The van der Waals surface area contributed by atoms with Crippen LogP contribution in [0.25, 0.3) is 11.4 Å². The van der Waals surface area contributed by atoms with E-state index >= 15 is 0 Å². The summed E-state index contributed by atoms with van der Waals surface area (Å²) in [5, 5.41) is 10.0. The molecule has 1 spiro atoms. The van der Waals surface area contributed by atoms with Crippen molar-refractivity contribution in [3.8, 4) is 0 Å². The maximum Gasteiger partial charge on any atom is 0.186 e. The molecule has 3 heterocycles. The lowest BCUT2D eigenvalue weighted by atomic mass is 9.78. The standard InChI is InChI=1S/C28H33N3O2/c1-20-22-9-5-6-10-23(22)25(31-16-13-21(32)14-17-31)15-18-33-28(19-29-20)27(2,3)24-11-7-8-12-26(24)30(28)4/h5-12,15,19,21,32H,1,13-14,16-18H2,2-4H3/b25-15+,29-19?. The summed E-state index contributed by atoms with van der Waals surface area (Å²) in [5.74, 6) is 0. The zero-order valence-corrected chi connectivity index (χ0v) is 19.8. The Kier molecular flexibility index (Phi) is 5.42. The van der Waals surface area contributed by atoms with E-state index < -0.39 is 5.72 Å². The molecule has 1 saturated heterocycles. The lowest BCUT2D eigenvalue weighted by Crippen LogP contribution is -2.58. The molecule has 2 aromatic carbocycles. The number of aliphatic hydroxyl groups is 1. The highest BCUT2D eigenvalue weighted by atomic mass is 16.5. The molecule has 5 heteroatoms. The van der Waals surface area contributed by atoms with Crippen LogP contribution in [0.2, 0.25) is 0 Å². The van der Waals surface area contributed by atoms with Crippen molar-refractivity contribution in [1.82, 2.24) is 4.90 Å². The van der Waals surface area contributed by atoms with Crippen LogP contribution in [0.15, 0.2) is 66.2 Å². The smallest absolute Gasteiger partial charge is 0.186 e. The summed E-state index contributed by atoms with van der Waals surface area (Å²) in [7, 11) is 2.08. The van der Waals surface area contributed by atoms with Crippen LogP contribution in [0.4, 0.5) is 5.69 Å². The molecule has 5 rings (SSSR count). The highest BCUT2D eigenvalue weighted by Gasteiger charge is 2.56. The van der Waals surface area contributed by atoms with Gasteiger partial charge in [-0.05, 0) is 30.5 Å². The zero-order chi connectivity index (χ0) is 23.2. The van der Waals surface area contributed by atoms with Crippen molar-refractivity contribution in [2.45, 2.75) is 43.9 Å². The number of hydrogen-bond donors (Lipinski definition) is 1. The number of anilines is 1. The average molecular weight is 444 g/mol. The number of aliphatic hydroxyl groups excluding tert-OH is 1. The Hall–Kier alpha value is -2.89. The Morgan fingerprint density at radius 1 is 1.03 bits per heavy atom. The van der Waals surface area contributed by atoms with Crippen LogP contribution in [0.5, 0.6) is 0 Å². The Balaban J connectivity index is 1.61. The molecule has 0 aromatic heterocycles. The van der Waals surface area contributed by atoms with Gasteiger partial charge in [0.1, 0.15) is 0 Å². The number of likely N-dealkylation sites (N-methyl/N-ethyl adjacent to an activating group) is 1. The molecule has 2 aromatic rings. The van der Waals surface area contributed by atoms with E-state index in [2.05, 4.69) is 85.8 Å². The maximum absolute atomic E-state index is 10.0. The van der Waals surface area contributed by atoms with Gasteiger partial charge in [0.2, 0.25) is 0 Å². The summed E-state index contributed by atoms with van der Waals surface area (Å²) in [6.07, 6.45) is 5.46. The summed E-state index contributed by atoms with van der Waals surface area (Å²) < 4.78 is 6.77. The van der Waals surface area contributed by atoms with Gasteiger partial charge >= 0.3 is 0 Å². The predicted octanol–water partition coefficient (Wildman–Crippen LogP) is 4.68. The number of aliphatic imine (C=N–C) groups is 1. The fraction of sp³-hybridized carbons (Fsp3) is 0.393. The molecule has 1 atom stereocenters. The SMILES string of the molecule is C=C1N=CC2(OC/C=C(/N3CCC(O)CC3)c3ccccc31)N(C)c1ccccc1C2(C)C. The summed E-state index contributed by atoms with van der Waals surface area (Å²) in [6, 6.07) is 16.8. The maximum atomic E-state index is 10.0. The number of benzene rings is 2. The minimum absolute atomic E-state index is 0.220. The van der Waals surface area contributed by atoms with Crippen molar-refractivity contribution in [2.24, 2.45) is 4.99 Å². The summed E-state index contributed by atoms with van der Waals surface area (Å²) in [4.78, 5) is 9.48. The fourth-order valence-electron chi connectivity index (χ4n) is 5.61. The van der Waals surface area contributed by atoms with Crippen molar-refractivity contribution in [3.63, 3.8) is 0 Å². The van der Waals surface area contributed by atoms with E-state index in [1.54, 1.807) is 0 Å². The Labute approximate surface area is 196 Å². The van der Waals surface area contributed by atoms with E-state index in [1.807, 2.05) is 12.3 Å². The highest BCUT2D eigenvalue weighted by molar-refractivity contribution is 5.89. The number of nitrogens with zero attached hydrogens (tertiary/aromatic N) is 3. The van der Waals surface area contributed by atoms with E-state index in [0.717, 1.165) is 54.1 Å². The summed E-state index contributed by atoms with van der Waals surface area (Å²) >= 11 is 0. The van der Waals surface area contributed by atoms with Gasteiger partial charge in [0.25, 0.3) is 0 Å². The van der Waals surface area contributed by atoms with Gasteiger partial charge in [0.15, 0.2) is 5.72 Å². The van der Waals surface area contributed by atoms with E-state index in [4.69, 9.17) is 9.73 Å². The van der Waals surface area contributed by atoms with Gasteiger partial charge < -0.3 is 19.6 Å². The van der Waals surface area contributed by atoms with Crippen molar-refractivity contribution >= 4 is 23.3 Å². The number of fused-ring (bicyclic) bond motifs is 2. The summed E-state index contributed by atoms with van der Waals surface area (Å²) in [6.45, 7) is 10.9. The number of piperidine rings is 1. The van der Waals surface area contributed by atoms with Crippen molar-refractivity contribution in [1.29, 1.82) is 0 Å². The average Bonchev–Trinajstić information content (AvgIpc) is 2.99. The molecule has 0 bridgehead atoms. The second kappa shape index (κ2) is 8.15. The predicted molar refractivity (Wildman–Crippen MR) is 135 cm³/mol. The molecule has 172 valence electrons. The molecule has 0 saturated carbocycles. The molecule has 0 aliphatic carbocycles. The van der Waals surface area contributed by atoms with Crippen molar-refractivity contribution < 1.29 is 9.84 Å². The third-order valence-corrected chi connectivity index (χ3v) is 7.63. The van der Waals surface area contributed by atoms with Crippen LogP contribution in [0.3, 0.4) is 0 Å². The zero-order valence-electron chi connectivity index (χ0n) is 19.8. The second-order valence-corrected chi connectivity index (χ2v) is 9.77. The first kappa shape index (κ1) is 21.9.